The molecule has 53 heavy (non-hydrogen) atoms. The molecule has 0 aliphatic rings. The van der Waals surface area contributed by atoms with Crippen LogP contribution in [0.3, 0.4) is 0 Å². The zero-order valence-electron chi connectivity index (χ0n) is 34.0. The Morgan fingerprint density at radius 1 is 0.491 bits per heavy atom. The average Bonchev–Trinajstić information content (AvgIpc) is 3.14. The molecule has 0 spiro atoms. The highest BCUT2D eigenvalue weighted by Crippen LogP contribution is 2.43. The van der Waals surface area contributed by atoms with Crippen LogP contribution in [0.1, 0.15) is 206 Å². The lowest BCUT2D eigenvalue weighted by atomic mass is 10.0. The number of hydrogen-bond acceptors (Lipinski definition) is 9. The lowest BCUT2D eigenvalue weighted by Gasteiger charge is -2.20. The molecule has 3 atom stereocenters. The van der Waals surface area contributed by atoms with E-state index < -0.39 is 58.4 Å². The quantitative estimate of drug-likeness (QED) is 0.0237. The topological polar surface area (TPSA) is 149 Å². The monoisotopic (exact) mass is 777 g/mol. The molecule has 10 nitrogen and oxygen atoms in total. The summed E-state index contributed by atoms with van der Waals surface area (Å²) in [6, 6.07) is 0. The zero-order chi connectivity index (χ0) is 39.1. The van der Waals surface area contributed by atoms with Gasteiger partial charge in [0.1, 0.15) is 12.2 Å². The first kappa shape index (κ1) is 51.7. The number of esters is 2. The Bertz CT molecular complexity index is 899. The summed E-state index contributed by atoms with van der Waals surface area (Å²) in [5.41, 5.74) is 0. The van der Waals surface area contributed by atoms with Crippen molar-refractivity contribution in [2.45, 2.75) is 219 Å². The molecule has 11 heteroatoms. The summed E-state index contributed by atoms with van der Waals surface area (Å²) in [5.74, 6) is -1.02. The fourth-order valence-corrected chi connectivity index (χ4v) is 6.90. The fraction of sp³-hybridized carbons (Fsp3) is 0.905. The van der Waals surface area contributed by atoms with Gasteiger partial charge in [-0.3, -0.25) is 18.6 Å². The molecule has 0 aromatic rings. The maximum atomic E-state index is 12.3. The number of allylic oxidation sites excluding steroid dienone is 2. The molecule has 0 saturated heterocycles. The van der Waals surface area contributed by atoms with Gasteiger partial charge >= 0.3 is 19.8 Å². The minimum atomic E-state index is -4.63. The van der Waals surface area contributed by atoms with Crippen molar-refractivity contribution >= 4 is 19.8 Å². The van der Waals surface area contributed by atoms with E-state index in [1.165, 1.54) is 103 Å². The zero-order valence-corrected chi connectivity index (χ0v) is 34.9. The molecule has 0 saturated carbocycles. The van der Waals surface area contributed by atoms with Gasteiger partial charge < -0.3 is 24.6 Å². The van der Waals surface area contributed by atoms with Crippen molar-refractivity contribution < 1.29 is 47.8 Å². The summed E-state index contributed by atoms with van der Waals surface area (Å²) < 4.78 is 32.5. The second-order valence-electron chi connectivity index (χ2n) is 14.7. The number of rotatable bonds is 41. The van der Waals surface area contributed by atoms with E-state index in [1.807, 2.05) is 0 Å². The number of carbonyl (C=O) groups excluding carboxylic acids is 2. The van der Waals surface area contributed by atoms with Crippen LogP contribution in [0.2, 0.25) is 0 Å². The Balaban J connectivity index is 3.84. The molecule has 0 radical (unpaired) electrons. The van der Waals surface area contributed by atoms with Crippen LogP contribution in [0.4, 0.5) is 0 Å². The van der Waals surface area contributed by atoms with Gasteiger partial charge in [0, 0.05) is 12.8 Å². The van der Waals surface area contributed by atoms with Gasteiger partial charge in [-0.1, -0.05) is 174 Å². The van der Waals surface area contributed by atoms with Crippen molar-refractivity contribution in [3.63, 3.8) is 0 Å². The minimum absolute atomic E-state index is 0.184. The minimum Gasteiger partial charge on any atom is -0.457 e. The smallest absolute Gasteiger partial charge is 0.457 e. The first-order valence-electron chi connectivity index (χ1n) is 21.6. The number of hydrogen-bond donors (Lipinski definition) is 3. The number of carbonyl (C=O) groups is 2. The largest absolute Gasteiger partial charge is 0.472 e. The van der Waals surface area contributed by atoms with Crippen LogP contribution in [0.25, 0.3) is 0 Å². The molecule has 0 aromatic heterocycles. The van der Waals surface area contributed by atoms with E-state index in [2.05, 4.69) is 26.0 Å². The Labute approximate surface area is 324 Å². The summed E-state index contributed by atoms with van der Waals surface area (Å²) in [6.45, 7) is 2.15. The van der Waals surface area contributed by atoms with Crippen molar-refractivity contribution in [3.8, 4) is 0 Å². The summed E-state index contributed by atoms with van der Waals surface area (Å²) in [7, 11) is -4.63. The summed E-state index contributed by atoms with van der Waals surface area (Å²) in [5, 5.41) is 19.1. The molecule has 0 amide bonds. The highest BCUT2D eigenvalue weighted by molar-refractivity contribution is 7.47. The van der Waals surface area contributed by atoms with E-state index in [9.17, 15) is 29.3 Å². The van der Waals surface area contributed by atoms with E-state index in [-0.39, 0.29) is 12.8 Å². The van der Waals surface area contributed by atoms with Crippen LogP contribution in [-0.2, 0) is 32.7 Å². The molecule has 314 valence electrons. The second-order valence-corrected chi connectivity index (χ2v) is 16.1. The Morgan fingerprint density at radius 3 is 1.15 bits per heavy atom. The Hall–Kier alpha value is -1.29. The number of ether oxygens (including phenoxy) is 2. The van der Waals surface area contributed by atoms with Crippen molar-refractivity contribution in [1.82, 2.24) is 0 Å². The van der Waals surface area contributed by atoms with E-state index in [0.29, 0.717) is 12.8 Å². The third kappa shape index (κ3) is 37.4. The van der Waals surface area contributed by atoms with E-state index in [4.69, 9.17) is 18.5 Å². The van der Waals surface area contributed by atoms with Gasteiger partial charge in [-0.25, -0.2) is 4.57 Å². The number of unbranched alkanes of at least 4 members (excludes halogenated alkanes) is 25. The van der Waals surface area contributed by atoms with Crippen molar-refractivity contribution in [2.75, 3.05) is 26.4 Å². The van der Waals surface area contributed by atoms with E-state index in [1.54, 1.807) is 0 Å². The summed E-state index contributed by atoms with van der Waals surface area (Å²) in [4.78, 5) is 34.4. The fourth-order valence-electron chi connectivity index (χ4n) is 6.12. The molecule has 3 N–H and O–H groups in total. The van der Waals surface area contributed by atoms with Gasteiger partial charge in [0.15, 0.2) is 0 Å². The third-order valence-corrected chi connectivity index (χ3v) is 10.4. The number of aliphatic hydroxyl groups excluding tert-OH is 2. The van der Waals surface area contributed by atoms with Crippen LogP contribution >= 0.6 is 7.82 Å². The van der Waals surface area contributed by atoms with Gasteiger partial charge in [0.25, 0.3) is 0 Å². The molecule has 0 heterocycles. The van der Waals surface area contributed by atoms with Gasteiger partial charge in [-0.15, -0.1) is 0 Å². The maximum absolute atomic E-state index is 12.3. The van der Waals surface area contributed by atoms with E-state index in [0.717, 1.165) is 64.2 Å². The van der Waals surface area contributed by atoms with Crippen LogP contribution in [-0.4, -0.2) is 65.7 Å². The summed E-state index contributed by atoms with van der Waals surface area (Å²) >= 11 is 0. The number of aliphatic hydroxyl groups is 2. The average molecular weight is 777 g/mol. The standard InChI is InChI=1S/C42H81O10P/c1-3-5-7-9-11-13-15-16-17-18-19-20-21-22-23-24-26-28-30-32-34-42(46)52-40(36-44)38-50-53(47,48)49-37-39(35-43)51-41(45)33-31-29-27-25-14-12-10-8-6-4-2/h8,10,39-40,43-44H,3-7,9,11-38H2,1-2H3,(H,47,48)/b10-8-. The van der Waals surface area contributed by atoms with Gasteiger partial charge in [0.2, 0.25) is 0 Å². The van der Waals surface area contributed by atoms with Crippen LogP contribution in [0, 0.1) is 0 Å². The molecule has 0 aliphatic carbocycles. The first-order valence-corrected chi connectivity index (χ1v) is 23.1. The molecule has 0 aromatic carbocycles. The summed E-state index contributed by atoms with van der Waals surface area (Å²) in [6.07, 6.45) is 36.3. The molecule has 3 unspecified atom stereocenters. The third-order valence-electron chi connectivity index (χ3n) is 9.46. The van der Waals surface area contributed by atoms with E-state index >= 15 is 0 Å². The molecule has 0 rings (SSSR count). The number of phosphoric ester groups is 1. The Kier molecular flexibility index (Phi) is 38.0. The molecule has 0 fully saturated rings. The molecule has 0 bridgehead atoms. The maximum Gasteiger partial charge on any atom is 0.472 e. The van der Waals surface area contributed by atoms with Crippen molar-refractivity contribution in [3.05, 3.63) is 12.2 Å². The second kappa shape index (κ2) is 39.0. The molecular weight excluding hydrogens is 695 g/mol. The van der Waals surface area contributed by atoms with Crippen molar-refractivity contribution in [2.24, 2.45) is 0 Å². The SMILES string of the molecule is CCC/C=C\CCCCCCCC(=O)OC(CO)COP(=O)(O)OCC(CO)OC(=O)CCCCCCCCCCCCCCCCCCCCCC. The predicted octanol–water partition coefficient (Wildman–Crippen LogP) is 11.2. The lowest BCUT2D eigenvalue weighted by molar-refractivity contribution is -0.153. The normalized spacial score (nSPS) is 14.0. The van der Waals surface area contributed by atoms with Gasteiger partial charge in [-0.05, 0) is 32.1 Å². The Morgan fingerprint density at radius 2 is 0.811 bits per heavy atom. The van der Waals surface area contributed by atoms with Crippen LogP contribution in [0.15, 0.2) is 12.2 Å². The predicted molar refractivity (Wildman–Crippen MR) is 215 cm³/mol. The highest BCUT2D eigenvalue weighted by Gasteiger charge is 2.27. The number of phosphoric acid groups is 1. The van der Waals surface area contributed by atoms with Crippen LogP contribution < -0.4 is 0 Å². The molecular formula is C42H81O10P. The van der Waals surface area contributed by atoms with Crippen molar-refractivity contribution in [1.29, 1.82) is 0 Å². The van der Waals surface area contributed by atoms with Crippen LogP contribution in [0.5, 0.6) is 0 Å². The van der Waals surface area contributed by atoms with Gasteiger partial charge in [-0.2, -0.15) is 0 Å². The lowest BCUT2D eigenvalue weighted by Crippen LogP contribution is -2.28. The molecule has 0 aliphatic heterocycles. The first-order chi connectivity index (χ1) is 25.8. The highest BCUT2D eigenvalue weighted by atomic mass is 31.2. The van der Waals surface area contributed by atoms with Gasteiger partial charge in [0.05, 0.1) is 26.4 Å².